The van der Waals surface area contributed by atoms with Crippen molar-refractivity contribution in [3.8, 4) is 0 Å². The molecule has 7 nitrogen and oxygen atoms in total. The molecule has 1 unspecified atom stereocenters. The van der Waals surface area contributed by atoms with Crippen molar-refractivity contribution in [2.75, 3.05) is 13.7 Å². The van der Waals surface area contributed by atoms with Gasteiger partial charge in [-0.05, 0) is 19.3 Å². The van der Waals surface area contributed by atoms with Crippen LogP contribution in [0.1, 0.15) is 25.7 Å². The minimum Gasteiger partial charge on any atom is -0.467 e. The van der Waals surface area contributed by atoms with Gasteiger partial charge in [0.25, 0.3) is 5.91 Å². The van der Waals surface area contributed by atoms with Gasteiger partial charge in [0.05, 0.1) is 13.2 Å². The number of methoxy groups -OCH3 is 1. The van der Waals surface area contributed by atoms with Crippen molar-refractivity contribution in [3.63, 3.8) is 0 Å². The normalized spacial score (nSPS) is 27.3. The molecule has 2 saturated heterocycles. The number of esters is 1. The number of nitrogens with two attached hydrogens (primary N) is 1. The van der Waals surface area contributed by atoms with E-state index in [0.717, 1.165) is 0 Å². The fraction of sp³-hybridized carbons (Fsp3) is 0.727. The molecule has 2 aliphatic heterocycles. The number of ether oxygens (including phenoxy) is 1. The smallest absolute Gasteiger partial charge is 0.330 e. The van der Waals surface area contributed by atoms with Crippen LogP contribution in [0.25, 0.3) is 0 Å². The quantitative estimate of drug-likeness (QED) is 0.633. The lowest BCUT2D eigenvalue weighted by Gasteiger charge is -2.42. The fourth-order valence-corrected chi connectivity index (χ4v) is 2.41. The number of nitrogens with zero attached hydrogens (tertiary/aromatic N) is 2. The molecule has 2 aliphatic rings. The average molecular weight is 289 g/mol. The van der Waals surface area contributed by atoms with Gasteiger partial charge in [-0.2, -0.15) is 13.5 Å². The second-order valence-electron chi connectivity index (χ2n) is 4.53. The fourth-order valence-electron chi connectivity index (χ4n) is 2.41. The summed E-state index contributed by atoms with van der Waals surface area (Å²) in [6, 6.07) is -1.46. The molecule has 2 amide bonds. The van der Waals surface area contributed by atoms with Crippen molar-refractivity contribution in [2.45, 2.75) is 37.8 Å². The Bertz CT molecular complexity index is 390. The Morgan fingerprint density at radius 3 is 2.68 bits per heavy atom. The molecule has 8 heteroatoms. The largest absolute Gasteiger partial charge is 0.467 e. The predicted molar refractivity (Wildman–Crippen MR) is 71.2 cm³/mol. The number of rotatable bonds is 1. The van der Waals surface area contributed by atoms with Crippen molar-refractivity contribution in [1.82, 2.24) is 10.0 Å². The molecule has 0 aromatic rings. The lowest BCUT2D eigenvalue weighted by molar-refractivity contribution is -0.181. The highest BCUT2D eigenvalue weighted by Crippen LogP contribution is 2.24. The molecule has 2 fully saturated rings. The van der Waals surface area contributed by atoms with Crippen LogP contribution in [0.4, 0.5) is 0 Å². The summed E-state index contributed by atoms with van der Waals surface area (Å²) in [4.78, 5) is 35.8. The molecule has 0 radical (unpaired) electrons. The third kappa shape index (κ3) is 2.84. The highest BCUT2D eigenvalue weighted by molar-refractivity contribution is 7.59. The number of fused-ring (bicyclic) bond motifs is 1. The zero-order valence-electron chi connectivity index (χ0n) is 10.8. The summed E-state index contributed by atoms with van der Waals surface area (Å²) in [5.74, 6) is -1.05. The molecule has 2 atom stereocenters. The van der Waals surface area contributed by atoms with Crippen molar-refractivity contribution < 1.29 is 19.1 Å². The minimum atomic E-state index is -0.732. The van der Waals surface area contributed by atoms with Gasteiger partial charge in [-0.15, -0.1) is 0 Å². The summed E-state index contributed by atoms with van der Waals surface area (Å²) in [6.07, 6.45) is 1.72. The summed E-state index contributed by atoms with van der Waals surface area (Å²) >= 11 is 0. The second-order valence-corrected chi connectivity index (χ2v) is 4.53. The van der Waals surface area contributed by atoms with E-state index in [2.05, 4.69) is 4.74 Å². The van der Waals surface area contributed by atoms with Crippen molar-refractivity contribution in [3.05, 3.63) is 0 Å². The van der Waals surface area contributed by atoms with Crippen LogP contribution in [0.2, 0.25) is 0 Å². The van der Waals surface area contributed by atoms with Gasteiger partial charge >= 0.3 is 5.97 Å². The van der Waals surface area contributed by atoms with E-state index in [9.17, 15) is 14.4 Å². The summed E-state index contributed by atoms with van der Waals surface area (Å²) in [5, 5.41) is 2.55. The van der Waals surface area contributed by atoms with Gasteiger partial charge in [-0.1, -0.05) is 0 Å². The Balaban J connectivity index is 0.00000180. The summed E-state index contributed by atoms with van der Waals surface area (Å²) in [7, 11) is 1.27. The lowest BCUT2D eigenvalue weighted by atomic mass is 10.1. The maximum Gasteiger partial charge on any atom is 0.330 e. The van der Waals surface area contributed by atoms with E-state index in [-0.39, 0.29) is 31.7 Å². The number of hydrogen-bond donors (Lipinski definition) is 1. The van der Waals surface area contributed by atoms with Gasteiger partial charge < -0.3 is 10.5 Å². The van der Waals surface area contributed by atoms with Crippen LogP contribution < -0.4 is 5.73 Å². The molecule has 2 rings (SSSR count). The van der Waals surface area contributed by atoms with Crippen LogP contribution in [0.5, 0.6) is 0 Å². The monoisotopic (exact) mass is 289 g/mol. The Labute approximate surface area is 118 Å². The SMILES string of the molecule is COC(=O)C1CCCN2C(=O)CC[C@H](N)C(=O)N12.S. The van der Waals surface area contributed by atoms with Gasteiger partial charge in [-0.25, -0.2) is 9.80 Å². The number of amides is 2. The van der Waals surface area contributed by atoms with E-state index in [1.54, 1.807) is 0 Å². The third-order valence-corrected chi connectivity index (χ3v) is 3.38. The molecule has 2 N–H and O–H groups in total. The Kier molecular flexibility index (Phi) is 5.19. The van der Waals surface area contributed by atoms with Crippen molar-refractivity contribution in [2.24, 2.45) is 5.73 Å². The van der Waals surface area contributed by atoms with E-state index in [1.165, 1.54) is 17.1 Å². The van der Waals surface area contributed by atoms with E-state index in [4.69, 9.17) is 5.73 Å². The van der Waals surface area contributed by atoms with Crippen LogP contribution in [0.15, 0.2) is 0 Å². The summed E-state index contributed by atoms with van der Waals surface area (Å²) in [6.45, 7) is 0.449. The number of hydrogen-bond acceptors (Lipinski definition) is 5. The molecular formula is C11H19N3O4S. The van der Waals surface area contributed by atoms with E-state index in [1.807, 2.05) is 0 Å². The van der Waals surface area contributed by atoms with Gasteiger partial charge in [-0.3, -0.25) is 14.6 Å². The molecule has 19 heavy (non-hydrogen) atoms. The van der Waals surface area contributed by atoms with Crippen LogP contribution in [-0.4, -0.2) is 53.5 Å². The Hall–Kier alpha value is -1.28. The predicted octanol–water partition coefficient (Wildman–Crippen LogP) is -0.872. The molecule has 0 aromatic heterocycles. The standard InChI is InChI=1S/C11H17N3O4.H2S/c1-18-11(17)8-3-2-6-13-9(15)5-4-7(12)10(16)14(8)13;/h7-8H,2-6,12H2,1H3;1H2/t7-,8?;/m0./s1. The first-order valence-electron chi connectivity index (χ1n) is 6.03. The Morgan fingerprint density at radius 2 is 2.05 bits per heavy atom. The first-order chi connectivity index (χ1) is 8.56. The zero-order chi connectivity index (χ0) is 13.3. The summed E-state index contributed by atoms with van der Waals surface area (Å²) in [5.41, 5.74) is 5.73. The molecule has 0 bridgehead atoms. The number of hydrazine groups is 1. The highest BCUT2D eigenvalue weighted by Gasteiger charge is 2.43. The van der Waals surface area contributed by atoms with Crippen LogP contribution in [-0.2, 0) is 19.1 Å². The average Bonchev–Trinajstić information content (AvgIpc) is 2.50. The Morgan fingerprint density at radius 1 is 1.37 bits per heavy atom. The maximum absolute atomic E-state index is 12.2. The van der Waals surface area contributed by atoms with Gasteiger partial charge in [0.15, 0.2) is 6.04 Å². The molecular weight excluding hydrogens is 270 g/mol. The van der Waals surface area contributed by atoms with E-state index in [0.29, 0.717) is 25.8 Å². The van der Waals surface area contributed by atoms with E-state index >= 15 is 0 Å². The van der Waals surface area contributed by atoms with Crippen LogP contribution in [0.3, 0.4) is 0 Å². The van der Waals surface area contributed by atoms with Gasteiger partial charge in [0, 0.05) is 13.0 Å². The molecule has 0 aliphatic carbocycles. The van der Waals surface area contributed by atoms with Crippen molar-refractivity contribution in [1.29, 1.82) is 0 Å². The molecule has 108 valence electrons. The van der Waals surface area contributed by atoms with Gasteiger partial charge in [0.2, 0.25) is 5.91 Å². The first kappa shape index (κ1) is 15.8. The second kappa shape index (κ2) is 6.25. The zero-order valence-corrected chi connectivity index (χ0v) is 11.8. The molecule has 2 heterocycles. The van der Waals surface area contributed by atoms with Gasteiger partial charge in [0.1, 0.15) is 0 Å². The van der Waals surface area contributed by atoms with Crippen molar-refractivity contribution >= 4 is 31.3 Å². The minimum absolute atomic E-state index is 0. The number of carbonyl (C=O) groups excluding carboxylic acids is 3. The van der Waals surface area contributed by atoms with Crippen LogP contribution in [0, 0.1) is 0 Å². The maximum atomic E-state index is 12.2. The first-order valence-corrected chi connectivity index (χ1v) is 6.03. The molecule has 0 saturated carbocycles. The van der Waals surface area contributed by atoms with Crippen LogP contribution >= 0.6 is 13.5 Å². The highest BCUT2D eigenvalue weighted by atomic mass is 32.1. The third-order valence-electron chi connectivity index (χ3n) is 3.38. The van der Waals surface area contributed by atoms with E-state index < -0.39 is 18.1 Å². The summed E-state index contributed by atoms with van der Waals surface area (Å²) < 4.78 is 4.69. The topological polar surface area (TPSA) is 92.9 Å². The lowest BCUT2D eigenvalue weighted by Crippen LogP contribution is -2.61. The molecule has 0 spiro atoms. The number of carbonyl (C=O) groups is 3. The molecule has 0 aromatic carbocycles.